The molecule has 0 fully saturated rings. The normalized spacial score (nSPS) is 18.8. The number of fused-ring (bicyclic) bond motifs is 1. The third kappa shape index (κ3) is 3.03. The van der Waals surface area contributed by atoms with Crippen LogP contribution in [0.3, 0.4) is 0 Å². The van der Waals surface area contributed by atoms with Crippen LogP contribution < -0.4 is 4.31 Å². The summed E-state index contributed by atoms with van der Waals surface area (Å²) in [6.07, 6.45) is -0.193. The van der Waals surface area contributed by atoms with Crippen LogP contribution in [0.4, 0.5) is 5.69 Å². The highest BCUT2D eigenvalue weighted by atomic mass is 32.2. The maximum atomic E-state index is 13.1. The molecule has 0 amide bonds. The number of thiophene rings is 1. The van der Waals surface area contributed by atoms with Gasteiger partial charge in [0.05, 0.1) is 18.3 Å². The van der Waals surface area contributed by atoms with Crippen molar-refractivity contribution in [1.29, 1.82) is 0 Å². The van der Waals surface area contributed by atoms with Gasteiger partial charge >= 0.3 is 0 Å². The Kier molecular flexibility index (Phi) is 4.02. The van der Waals surface area contributed by atoms with E-state index in [2.05, 4.69) is 20.8 Å². The average molecular weight is 351 g/mol. The van der Waals surface area contributed by atoms with E-state index in [0.717, 1.165) is 10.4 Å². The van der Waals surface area contributed by atoms with Crippen molar-refractivity contribution in [2.45, 2.75) is 42.9 Å². The molecule has 1 aromatic carbocycles. The number of hydrogen-bond donors (Lipinski definition) is 1. The van der Waals surface area contributed by atoms with Crippen molar-refractivity contribution in [3.05, 3.63) is 46.8 Å². The van der Waals surface area contributed by atoms with E-state index in [-0.39, 0.29) is 12.0 Å². The van der Waals surface area contributed by atoms with Crippen molar-refractivity contribution in [2.24, 2.45) is 0 Å². The second kappa shape index (κ2) is 5.61. The Bertz CT molecular complexity index is 818. The van der Waals surface area contributed by atoms with Crippen LogP contribution in [0.25, 0.3) is 0 Å². The Morgan fingerprint density at radius 2 is 1.87 bits per heavy atom. The van der Waals surface area contributed by atoms with Crippen LogP contribution in [0.15, 0.2) is 40.6 Å². The first-order valence-corrected chi connectivity index (χ1v) is 9.84. The molecule has 1 aliphatic heterocycles. The van der Waals surface area contributed by atoms with Crippen LogP contribution in [-0.4, -0.2) is 26.2 Å². The van der Waals surface area contributed by atoms with E-state index in [1.165, 1.54) is 15.6 Å². The highest BCUT2D eigenvalue weighted by Crippen LogP contribution is 2.36. The number of benzene rings is 1. The summed E-state index contributed by atoms with van der Waals surface area (Å²) in [7, 11) is -3.66. The number of β-amino-alcohol motifs (C(OH)–C–C–N with tert-alkyl or cyclic N) is 1. The number of sulfonamides is 1. The lowest BCUT2D eigenvalue weighted by atomic mass is 9.95. The zero-order chi connectivity index (χ0) is 16.8. The molecule has 0 saturated carbocycles. The number of anilines is 1. The average Bonchev–Trinajstić information content (AvgIpc) is 2.97. The molecule has 6 heteroatoms. The zero-order valence-corrected chi connectivity index (χ0v) is 15.1. The molecule has 124 valence electrons. The Balaban J connectivity index is 2.05. The summed E-state index contributed by atoms with van der Waals surface area (Å²) < 4.78 is 27.8. The molecule has 2 aromatic rings. The van der Waals surface area contributed by atoms with E-state index in [1.54, 1.807) is 12.1 Å². The standard InChI is InChI=1S/C17H21NO3S2/c1-17(2,3)15-8-9-16(22-15)23(20,21)18-11-13(19)10-12-6-4-5-7-14(12)18/h4-9,13,19H,10-11H2,1-3H3. The largest absolute Gasteiger partial charge is 0.391 e. The second-order valence-electron chi connectivity index (χ2n) is 6.89. The summed E-state index contributed by atoms with van der Waals surface area (Å²) in [4.78, 5) is 1.03. The number of rotatable bonds is 2. The van der Waals surface area contributed by atoms with Crippen molar-refractivity contribution < 1.29 is 13.5 Å². The van der Waals surface area contributed by atoms with E-state index < -0.39 is 16.1 Å². The molecule has 0 spiro atoms. The lowest BCUT2D eigenvalue weighted by Gasteiger charge is -2.32. The van der Waals surface area contributed by atoms with Crippen LogP contribution in [0, 0.1) is 0 Å². The Hall–Kier alpha value is -1.37. The fourth-order valence-electron chi connectivity index (χ4n) is 2.73. The molecule has 0 bridgehead atoms. The van der Waals surface area contributed by atoms with E-state index in [9.17, 15) is 13.5 Å². The van der Waals surface area contributed by atoms with Crippen molar-refractivity contribution in [2.75, 3.05) is 10.8 Å². The molecule has 0 saturated heterocycles. The second-order valence-corrected chi connectivity index (χ2v) is 10.1. The molecule has 4 nitrogen and oxygen atoms in total. The van der Waals surface area contributed by atoms with Gasteiger partial charge in [-0.2, -0.15) is 0 Å². The van der Waals surface area contributed by atoms with E-state index >= 15 is 0 Å². The van der Waals surface area contributed by atoms with Crippen molar-refractivity contribution in [3.8, 4) is 0 Å². The summed E-state index contributed by atoms with van der Waals surface area (Å²) in [5, 5.41) is 10.1. The van der Waals surface area contributed by atoms with Gasteiger partial charge in [0.15, 0.2) is 0 Å². The van der Waals surface area contributed by atoms with Crippen molar-refractivity contribution in [3.63, 3.8) is 0 Å². The fourth-order valence-corrected chi connectivity index (χ4v) is 5.75. The van der Waals surface area contributed by atoms with Crippen LogP contribution >= 0.6 is 11.3 Å². The molecular formula is C17H21NO3S2. The third-order valence-corrected chi connectivity index (χ3v) is 7.72. The van der Waals surface area contributed by atoms with Crippen LogP contribution in [0.1, 0.15) is 31.2 Å². The molecule has 23 heavy (non-hydrogen) atoms. The molecular weight excluding hydrogens is 330 g/mol. The van der Waals surface area contributed by atoms with Crippen LogP contribution in [0.2, 0.25) is 0 Å². The number of para-hydroxylation sites is 1. The first-order chi connectivity index (χ1) is 10.7. The minimum Gasteiger partial charge on any atom is -0.391 e. The number of nitrogens with zero attached hydrogens (tertiary/aromatic N) is 1. The molecule has 1 unspecified atom stereocenters. The van der Waals surface area contributed by atoms with Gasteiger partial charge in [0, 0.05) is 11.3 Å². The predicted octanol–water partition coefficient (Wildman–Crippen LogP) is 3.16. The first-order valence-electron chi connectivity index (χ1n) is 7.58. The van der Waals surface area contributed by atoms with Gasteiger partial charge in [-0.1, -0.05) is 39.0 Å². The van der Waals surface area contributed by atoms with Gasteiger partial charge in [0.1, 0.15) is 4.21 Å². The molecule has 1 aliphatic rings. The molecule has 1 atom stereocenters. The van der Waals surface area contributed by atoms with Gasteiger partial charge in [0.2, 0.25) is 0 Å². The fraction of sp³-hybridized carbons (Fsp3) is 0.412. The SMILES string of the molecule is CC(C)(C)c1ccc(S(=O)(=O)N2CC(O)Cc3ccccc32)s1. The summed E-state index contributed by atoms with van der Waals surface area (Å²) in [6.45, 7) is 6.29. The minimum atomic E-state index is -3.66. The Labute approximate surface area is 141 Å². The van der Waals surface area contributed by atoms with Gasteiger partial charge in [-0.25, -0.2) is 8.42 Å². The van der Waals surface area contributed by atoms with Gasteiger partial charge < -0.3 is 5.11 Å². The minimum absolute atomic E-state index is 0.0856. The molecule has 3 rings (SSSR count). The molecule has 0 aliphatic carbocycles. The van der Waals surface area contributed by atoms with Gasteiger partial charge in [-0.3, -0.25) is 4.31 Å². The lowest BCUT2D eigenvalue weighted by molar-refractivity contribution is 0.180. The summed E-state index contributed by atoms with van der Waals surface area (Å²) in [6, 6.07) is 10.9. The smallest absolute Gasteiger partial charge is 0.273 e. The van der Waals surface area contributed by atoms with Crippen LogP contribution in [-0.2, 0) is 21.9 Å². The van der Waals surface area contributed by atoms with Crippen molar-refractivity contribution >= 4 is 27.0 Å². The predicted molar refractivity (Wildman–Crippen MR) is 93.7 cm³/mol. The zero-order valence-electron chi connectivity index (χ0n) is 13.5. The Morgan fingerprint density at radius 1 is 1.17 bits per heavy atom. The topological polar surface area (TPSA) is 57.6 Å². The number of aliphatic hydroxyl groups excluding tert-OH is 1. The van der Waals surface area contributed by atoms with Gasteiger partial charge in [-0.15, -0.1) is 11.3 Å². The lowest BCUT2D eigenvalue weighted by Crippen LogP contribution is -2.42. The van der Waals surface area contributed by atoms with Gasteiger partial charge in [-0.05, 0) is 29.2 Å². The summed E-state index contributed by atoms with van der Waals surface area (Å²) >= 11 is 1.31. The molecule has 1 aromatic heterocycles. The molecule has 2 heterocycles. The summed E-state index contributed by atoms with van der Waals surface area (Å²) in [5.41, 5.74) is 1.45. The quantitative estimate of drug-likeness (QED) is 0.904. The molecule has 1 N–H and O–H groups in total. The maximum absolute atomic E-state index is 13.1. The van der Waals surface area contributed by atoms with Gasteiger partial charge in [0.25, 0.3) is 10.0 Å². The number of hydrogen-bond acceptors (Lipinski definition) is 4. The monoisotopic (exact) mass is 351 g/mol. The van der Waals surface area contributed by atoms with E-state index in [1.807, 2.05) is 24.3 Å². The number of aliphatic hydroxyl groups is 1. The maximum Gasteiger partial charge on any atom is 0.273 e. The van der Waals surface area contributed by atoms with Crippen molar-refractivity contribution in [1.82, 2.24) is 0 Å². The highest BCUT2D eigenvalue weighted by Gasteiger charge is 2.34. The van der Waals surface area contributed by atoms with E-state index in [0.29, 0.717) is 16.3 Å². The van der Waals surface area contributed by atoms with Crippen LogP contribution in [0.5, 0.6) is 0 Å². The molecule has 0 radical (unpaired) electrons. The first kappa shape index (κ1) is 16.5. The third-order valence-electron chi connectivity index (χ3n) is 3.96. The Morgan fingerprint density at radius 3 is 2.52 bits per heavy atom. The van der Waals surface area contributed by atoms with E-state index in [4.69, 9.17) is 0 Å². The highest BCUT2D eigenvalue weighted by molar-refractivity contribution is 7.94. The summed E-state index contributed by atoms with van der Waals surface area (Å²) in [5.74, 6) is 0.